The van der Waals surface area contributed by atoms with Gasteiger partial charge in [0.2, 0.25) is 0 Å². The molecule has 0 N–H and O–H groups in total. The van der Waals surface area contributed by atoms with E-state index in [4.69, 9.17) is 0 Å². The van der Waals surface area contributed by atoms with Crippen LogP contribution in [0.15, 0.2) is 30.3 Å². The quantitative estimate of drug-likeness (QED) is 0.641. The van der Waals surface area contributed by atoms with Crippen molar-refractivity contribution in [2.75, 3.05) is 0 Å². The molecule has 13 heavy (non-hydrogen) atoms. The highest BCUT2D eigenvalue weighted by molar-refractivity contribution is 7.24. The van der Waals surface area contributed by atoms with Gasteiger partial charge in [-0.3, -0.25) is 4.57 Å². The van der Waals surface area contributed by atoms with Crippen LogP contribution in [0.5, 0.6) is 0 Å². The van der Waals surface area contributed by atoms with Crippen molar-refractivity contribution in [3.8, 4) is 0 Å². The van der Waals surface area contributed by atoms with E-state index in [-0.39, 0.29) is 14.1 Å². The maximum absolute atomic E-state index is 10.9. The average Bonchev–Trinajstić information content (AvgIpc) is 2.21. The summed E-state index contributed by atoms with van der Waals surface area (Å²) in [6, 6.07) is 10.1. The second kappa shape index (κ2) is 5.88. The molecule has 0 aromatic heterocycles. The average molecular weight is 194 g/mol. The van der Waals surface area contributed by atoms with Gasteiger partial charge in [-0.25, -0.2) is 0 Å². The first-order valence-electron chi connectivity index (χ1n) is 4.76. The zero-order valence-corrected chi connectivity index (χ0v) is 8.84. The Labute approximate surface area is 81.4 Å². The lowest BCUT2D eigenvalue weighted by Crippen LogP contribution is -1.89. The van der Waals surface area contributed by atoms with Gasteiger partial charge in [-0.1, -0.05) is 50.1 Å². The van der Waals surface area contributed by atoms with Crippen molar-refractivity contribution in [2.45, 2.75) is 31.8 Å². The standard InChI is InChI=1S/C11H15OP/c1-2-3-9-11(13-12)10-7-5-4-6-8-10/h4-8,11H,2-3,9H2,1H3. The van der Waals surface area contributed by atoms with Crippen molar-refractivity contribution < 1.29 is 4.57 Å². The van der Waals surface area contributed by atoms with Crippen LogP contribution in [0.2, 0.25) is 0 Å². The van der Waals surface area contributed by atoms with Crippen LogP contribution in [0.4, 0.5) is 0 Å². The number of unbranched alkanes of at least 4 members (excludes halogenated alkanes) is 1. The summed E-state index contributed by atoms with van der Waals surface area (Å²) in [5.74, 6) is 0. The van der Waals surface area contributed by atoms with Gasteiger partial charge in [0.15, 0.2) is 8.46 Å². The van der Waals surface area contributed by atoms with E-state index in [1.165, 1.54) is 12.0 Å². The highest BCUT2D eigenvalue weighted by Gasteiger charge is 2.09. The molecule has 1 unspecified atom stereocenters. The van der Waals surface area contributed by atoms with Crippen LogP contribution in [0.25, 0.3) is 0 Å². The van der Waals surface area contributed by atoms with Gasteiger partial charge in [-0.05, 0) is 12.0 Å². The Hall–Kier alpha value is -0.680. The molecule has 0 heterocycles. The molecule has 0 aliphatic rings. The fourth-order valence-corrected chi connectivity index (χ4v) is 1.93. The first-order chi connectivity index (χ1) is 6.38. The van der Waals surface area contributed by atoms with E-state index in [9.17, 15) is 4.57 Å². The number of rotatable bonds is 5. The van der Waals surface area contributed by atoms with Crippen molar-refractivity contribution in [3.63, 3.8) is 0 Å². The summed E-state index contributed by atoms with van der Waals surface area (Å²) in [7, 11) is 0.250. The van der Waals surface area contributed by atoms with Gasteiger partial charge >= 0.3 is 0 Å². The zero-order chi connectivity index (χ0) is 9.52. The molecule has 70 valence electrons. The highest BCUT2D eigenvalue weighted by Crippen LogP contribution is 2.31. The Balaban J connectivity index is 2.61. The summed E-state index contributed by atoms with van der Waals surface area (Å²) in [5.41, 5.74) is 1.38. The Morgan fingerprint density at radius 1 is 1.31 bits per heavy atom. The van der Waals surface area contributed by atoms with Gasteiger partial charge in [0, 0.05) is 0 Å². The maximum Gasteiger partial charge on any atom is 0.163 e. The molecule has 0 saturated heterocycles. The molecule has 0 aliphatic heterocycles. The molecular formula is C11H15OP. The van der Waals surface area contributed by atoms with E-state index in [1.54, 1.807) is 0 Å². The first-order valence-corrected chi connectivity index (χ1v) is 5.64. The summed E-state index contributed by atoms with van der Waals surface area (Å²) in [6.45, 7) is 2.16. The summed E-state index contributed by atoms with van der Waals surface area (Å²) in [4.78, 5) is 0. The van der Waals surface area contributed by atoms with E-state index in [0.717, 1.165) is 12.8 Å². The Morgan fingerprint density at radius 3 is 2.54 bits per heavy atom. The minimum atomic E-state index is 0.196. The van der Waals surface area contributed by atoms with Gasteiger partial charge in [0.25, 0.3) is 0 Å². The molecule has 1 aromatic rings. The first kappa shape index (κ1) is 10.4. The van der Waals surface area contributed by atoms with Gasteiger partial charge in [0.1, 0.15) is 0 Å². The molecule has 0 spiro atoms. The molecule has 0 fully saturated rings. The predicted octanol–water partition coefficient (Wildman–Crippen LogP) is 4.21. The van der Waals surface area contributed by atoms with Crippen molar-refractivity contribution in [2.24, 2.45) is 0 Å². The third kappa shape index (κ3) is 3.28. The zero-order valence-electron chi connectivity index (χ0n) is 7.94. The van der Waals surface area contributed by atoms with Crippen molar-refractivity contribution in [1.29, 1.82) is 0 Å². The minimum Gasteiger partial charge on any atom is -0.274 e. The van der Waals surface area contributed by atoms with Crippen molar-refractivity contribution >= 4 is 8.46 Å². The van der Waals surface area contributed by atoms with Gasteiger partial charge in [-0.2, -0.15) is 0 Å². The number of benzene rings is 1. The van der Waals surface area contributed by atoms with Gasteiger partial charge in [0.05, 0.1) is 5.66 Å². The molecule has 1 nitrogen and oxygen atoms in total. The molecule has 0 radical (unpaired) electrons. The van der Waals surface area contributed by atoms with Crippen LogP contribution < -0.4 is 0 Å². The smallest absolute Gasteiger partial charge is 0.163 e. The lowest BCUT2D eigenvalue weighted by Gasteiger charge is -2.07. The van der Waals surface area contributed by atoms with E-state index >= 15 is 0 Å². The van der Waals surface area contributed by atoms with Crippen LogP contribution in [0.3, 0.4) is 0 Å². The summed E-state index contributed by atoms with van der Waals surface area (Å²) < 4.78 is 10.9. The van der Waals surface area contributed by atoms with E-state index in [1.807, 2.05) is 30.3 Å². The van der Waals surface area contributed by atoms with E-state index in [2.05, 4.69) is 6.92 Å². The predicted molar refractivity (Wildman–Crippen MR) is 56.3 cm³/mol. The van der Waals surface area contributed by atoms with Crippen molar-refractivity contribution in [1.82, 2.24) is 0 Å². The topological polar surface area (TPSA) is 17.1 Å². The summed E-state index contributed by atoms with van der Waals surface area (Å²) in [6.07, 6.45) is 3.33. The second-order valence-corrected chi connectivity index (χ2v) is 4.01. The molecule has 1 aromatic carbocycles. The second-order valence-electron chi connectivity index (χ2n) is 3.17. The molecule has 0 aliphatic carbocycles. The third-order valence-corrected chi connectivity index (χ3v) is 2.95. The minimum absolute atomic E-state index is 0.196. The largest absolute Gasteiger partial charge is 0.274 e. The Bertz CT molecular complexity index is 246. The molecule has 2 heteroatoms. The van der Waals surface area contributed by atoms with Crippen LogP contribution in [0.1, 0.15) is 37.4 Å². The fraction of sp³-hybridized carbons (Fsp3) is 0.455. The number of hydrogen-bond acceptors (Lipinski definition) is 1. The van der Waals surface area contributed by atoms with Crippen LogP contribution >= 0.6 is 8.46 Å². The van der Waals surface area contributed by atoms with Gasteiger partial charge < -0.3 is 0 Å². The Morgan fingerprint density at radius 2 is 2.00 bits per heavy atom. The van der Waals surface area contributed by atoms with Crippen molar-refractivity contribution in [3.05, 3.63) is 35.9 Å². The van der Waals surface area contributed by atoms with Crippen LogP contribution in [0, 0.1) is 0 Å². The fourth-order valence-electron chi connectivity index (χ4n) is 1.35. The molecule has 0 saturated carbocycles. The maximum atomic E-state index is 10.9. The normalized spacial score (nSPS) is 13.0. The third-order valence-electron chi connectivity index (χ3n) is 2.14. The summed E-state index contributed by atoms with van der Waals surface area (Å²) >= 11 is 0. The van der Waals surface area contributed by atoms with E-state index in [0.29, 0.717) is 0 Å². The van der Waals surface area contributed by atoms with Crippen LogP contribution in [-0.4, -0.2) is 0 Å². The van der Waals surface area contributed by atoms with Crippen LogP contribution in [-0.2, 0) is 4.57 Å². The monoisotopic (exact) mass is 194 g/mol. The molecular weight excluding hydrogens is 179 g/mol. The molecule has 1 rings (SSSR count). The molecule has 0 amide bonds. The molecule has 1 atom stereocenters. The Kier molecular flexibility index (Phi) is 4.70. The lowest BCUT2D eigenvalue weighted by atomic mass is 10.1. The molecule has 0 bridgehead atoms. The summed E-state index contributed by atoms with van der Waals surface area (Å²) in [5, 5.41) is 0. The number of hydrogen-bond donors (Lipinski definition) is 0. The highest BCUT2D eigenvalue weighted by atomic mass is 31.1. The lowest BCUT2D eigenvalue weighted by molar-refractivity contribution is 0.583. The van der Waals surface area contributed by atoms with E-state index < -0.39 is 0 Å². The SMILES string of the molecule is CCCCC(P=O)c1ccccc1. The van der Waals surface area contributed by atoms with Gasteiger partial charge in [-0.15, -0.1) is 0 Å².